The van der Waals surface area contributed by atoms with E-state index < -0.39 is 0 Å². The van der Waals surface area contributed by atoms with Crippen LogP contribution in [0.2, 0.25) is 5.02 Å². The summed E-state index contributed by atoms with van der Waals surface area (Å²) in [6.07, 6.45) is 2.77. The zero-order valence-corrected chi connectivity index (χ0v) is 13.6. The van der Waals surface area contributed by atoms with Crippen LogP contribution < -0.4 is 10.5 Å². The molecule has 0 amide bonds. The lowest BCUT2D eigenvalue weighted by atomic mass is 9.86. The lowest BCUT2D eigenvalue weighted by Gasteiger charge is -2.22. The molecule has 106 valence electrons. The van der Waals surface area contributed by atoms with Crippen molar-refractivity contribution in [3.05, 3.63) is 27.7 Å². The molecule has 0 unspecified atom stereocenters. The second kappa shape index (κ2) is 7.15. The molecule has 0 saturated heterocycles. The molecule has 0 aliphatic rings. The van der Waals surface area contributed by atoms with Crippen LogP contribution in [0.25, 0.3) is 0 Å². The van der Waals surface area contributed by atoms with Crippen LogP contribution in [0.4, 0.5) is 0 Å². The molecular weight excluding hydrogens is 328 g/mol. The van der Waals surface area contributed by atoms with Gasteiger partial charge >= 0.3 is 0 Å². The highest BCUT2D eigenvalue weighted by atomic mass is 79.9. The van der Waals surface area contributed by atoms with Gasteiger partial charge in [-0.1, -0.05) is 41.4 Å². The Balaban J connectivity index is 2.32. The Morgan fingerprint density at radius 3 is 2.74 bits per heavy atom. The van der Waals surface area contributed by atoms with Crippen molar-refractivity contribution in [3.8, 4) is 5.75 Å². The van der Waals surface area contributed by atoms with Gasteiger partial charge in [0.05, 0.1) is 17.5 Å². The molecule has 0 radical (unpaired) electrons. The van der Waals surface area contributed by atoms with Crippen molar-refractivity contribution in [2.24, 2.45) is 11.1 Å². The van der Waals surface area contributed by atoms with E-state index in [4.69, 9.17) is 27.5 Å². The van der Waals surface area contributed by atoms with Gasteiger partial charge in [-0.2, -0.15) is 0 Å². The van der Waals surface area contributed by atoms with E-state index in [-0.39, 0.29) is 11.3 Å². The number of nitrogens with one attached hydrogen (secondary N) is 1. The molecule has 0 spiro atoms. The number of halogens is 2. The summed E-state index contributed by atoms with van der Waals surface area (Å²) >= 11 is 9.42. The maximum Gasteiger partial charge on any atom is 0.139 e. The minimum absolute atomic E-state index is 0.229. The number of amidine groups is 1. The van der Waals surface area contributed by atoms with E-state index in [2.05, 4.69) is 15.9 Å². The van der Waals surface area contributed by atoms with Crippen molar-refractivity contribution < 1.29 is 4.74 Å². The first kappa shape index (κ1) is 16.3. The summed E-state index contributed by atoms with van der Waals surface area (Å²) in [5.74, 6) is 0.935. The van der Waals surface area contributed by atoms with Crippen LogP contribution in [0, 0.1) is 10.8 Å². The van der Waals surface area contributed by atoms with Crippen LogP contribution in [0.1, 0.15) is 33.1 Å². The van der Waals surface area contributed by atoms with Crippen LogP contribution >= 0.6 is 27.5 Å². The molecule has 1 aromatic carbocycles. The standard InChI is InChI=1S/C14H20BrClN2O/c1-14(2,13(17)18)7-3-4-8-19-12-9-10(15)5-6-11(12)16/h5-6,9H,3-4,7-8H2,1-2H3,(H3,17,18). The Hall–Kier alpha value is -0.740. The average Bonchev–Trinajstić information content (AvgIpc) is 2.32. The molecule has 0 heterocycles. The monoisotopic (exact) mass is 346 g/mol. The fourth-order valence-electron chi connectivity index (χ4n) is 1.57. The topological polar surface area (TPSA) is 59.1 Å². The second-order valence-corrected chi connectivity index (χ2v) is 6.50. The summed E-state index contributed by atoms with van der Waals surface area (Å²) in [6.45, 7) is 4.59. The van der Waals surface area contributed by atoms with Gasteiger partial charge in [0.25, 0.3) is 0 Å². The molecule has 3 N–H and O–H groups in total. The van der Waals surface area contributed by atoms with Gasteiger partial charge in [0.1, 0.15) is 5.75 Å². The minimum atomic E-state index is -0.229. The number of hydrogen-bond acceptors (Lipinski definition) is 2. The van der Waals surface area contributed by atoms with Crippen molar-refractivity contribution in [1.82, 2.24) is 0 Å². The van der Waals surface area contributed by atoms with Crippen molar-refractivity contribution in [2.75, 3.05) is 6.61 Å². The lowest BCUT2D eigenvalue weighted by molar-refractivity contribution is 0.296. The van der Waals surface area contributed by atoms with Crippen LogP contribution in [0.5, 0.6) is 5.75 Å². The number of unbranched alkanes of at least 4 members (excludes halogenated alkanes) is 1. The van der Waals surface area contributed by atoms with E-state index in [1.54, 1.807) is 6.07 Å². The van der Waals surface area contributed by atoms with E-state index in [0.717, 1.165) is 23.7 Å². The third-order valence-corrected chi connectivity index (χ3v) is 3.88. The van der Waals surface area contributed by atoms with E-state index >= 15 is 0 Å². The van der Waals surface area contributed by atoms with Gasteiger partial charge in [-0.05, 0) is 37.5 Å². The molecule has 0 fully saturated rings. The number of ether oxygens (including phenoxy) is 1. The van der Waals surface area contributed by atoms with Crippen LogP contribution in [0.15, 0.2) is 22.7 Å². The fourth-order valence-corrected chi connectivity index (χ4v) is 2.09. The van der Waals surface area contributed by atoms with Gasteiger partial charge in [-0.3, -0.25) is 5.41 Å². The predicted octanol–water partition coefficient (Wildman–Crippen LogP) is 4.61. The molecule has 0 saturated carbocycles. The second-order valence-electron chi connectivity index (χ2n) is 5.18. The van der Waals surface area contributed by atoms with Gasteiger partial charge in [-0.25, -0.2) is 0 Å². The molecule has 1 rings (SSSR count). The third kappa shape index (κ3) is 5.41. The first-order valence-corrected chi connectivity index (χ1v) is 7.42. The molecule has 0 bridgehead atoms. The first-order chi connectivity index (χ1) is 8.83. The van der Waals surface area contributed by atoms with E-state index in [0.29, 0.717) is 17.4 Å². The molecule has 0 aromatic heterocycles. The summed E-state index contributed by atoms with van der Waals surface area (Å²) in [7, 11) is 0. The molecule has 0 aliphatic heterocycles. The number of hydrogen-bond donors (Lipinski definition) is 2. The van der Waals surface area contributed by atoms with Crippen molar-refractivity contribution in [3.63, 3.8) is 0 Å². The Labute approximate surface area is 128 Å². The van der Waals surface area contributed by atoms with Crippen LogP contribution in [-0.4, -0.2) is 12.4 Å². The van der Waals surface area contributed by atoms with Crippen LogP contribution in [-0.2, 0) is 0 Å². The van der Waals surface area contributed by atoms with E-state index in [1.165, 1.54) is 0 Å². The molecule has 0 atom stereocenters. The van der Waals surface area contributed by atoms with Crippen LogP contribution in [0.3, 0.4) is 0 Å². The fraction of sp³-hybridized carbons (Fsp3) is 0.500. The molecule has 0 aliphatic carbocycles. The third-order valence-electron chi connectivity index (χ3n) is 3.08. The van der Waals surface area contributed by atoms with E-state index in [1.807, 2.05) is 26.0 Å². The highest BCUT2D eigenvalue weighted by molar-refractivity contribution is 9.10. The van der Waals surface area contributed by atoms with Gasteiger partial charge in [0.2, 0.25) is 0 Å². The Morgan fingerprint density at radius 1 is 1.42 bits per heavy atom. The minimum Gasteiger partial charge on any atom is -0.492 e. The summed E-state index contributed by atoms with van der Waals surface area (Å²) in [5, 5.41) is 8.11. The molecule has 19 heavy (non-hydrogen) atoms. The summed E-state index contributed by atoms with van der Waals surface area (Å²) in [5.41, 5.74) is 5.31. The Morgan fingerprint density at radius 2 is 2.11 bits per heavy atom. The number of rotatable bonds is 7. The summed E-state index contributed by atoms with van der Waals surface area (Å²) < 4.78 is 6.59. The van der Waals surface area contributed by atoms with Gasteiger partial charge < -0.3 is 10.5 Å². The summed E-state index contributed by atoms with van der Waals surface area (Å²) in [6, 6.07) is 5.55. The quantitative estimate of drug-likeness (QED) is 0.430. The van der Waals surface area contributed by atoms with Crippen molar-refractivity contribution in [2.45, 2.75) is 33.1 Å². The van der Waals surface area contributed by atoms with Gasteiger partial charge in [-0.15, -0.1) is 0 Å². The Bertz CT molecular complexity index is 449. The molecule has 1 aromatic rings. The van der Waals surface area contributed by atoms with E-state index in [9.17, 15) is 0 Å². The Kier molecular flexibility index (Phi) is 6.14. The first-order valence-electron chi connectivity index (χ1n) is 6.25. The molecule has 5 heteroatoms. The highest BCUT2D eigenvalue weighted by Crippen LogP contribution is 2.28. The maximum absolute atomic E-state index is 7.49. The lowest BCUT2D eigenvalue weighted by Crippen LogP contribution is -2.30. The molecule has 3 nitrogen and oxygen atoms in total. The van der Waals surface area contributed by atoms with Crippen molar-refractivity contribution >= 4 is 33.4 Å². The van der Waals surface area contributed by atoms with Gasteiger partial charge in [0, 0.05) is 9.89 Å². The molecular formula is C14H20BrClN2O. The van der Waals surface area contributed by atoms with Crippen molar-refractivity contribution in [1.29, 1.82) is 5.41 Å². The smallest absolute Gasteiger partial charge is 0.139 e. The maximum atomic E-state index is 7.49. The highest BCUT2D eigenvalue weighted by Gasteiger charge is 2.20. The average molecular weight is 348 g/mol. The largest absolute Gasteiger partial charge is 0.492 e. The zero-order valence-electron chi connectivity index (χ0n) is 11.3. The summed E-state index contributed by atoms with van der Waals surface area (Å²) in [4.78, 5) is 0. The number of benzene rings is 1. The van der Waals surface area contributed by atoms with Gasteiger partial charge in [0.15, 0.2) is 0 Å². The zero-order chi connectivity index (χ0) is 14.5. The SMILES string of the molecule is CC(C)(CCCCOc1cc(Br)ccc1Cl)C(=N)N. The predicted molar refractivity (Wildman–Crippen MR) is 84.2 cm³/mol. The normalized spacial score (nSPS) is 11.4. The number of nitrogens with two attached hydrogens (primary N) is 1.